The number of rotatable bonds is 5. The molecule has 0 saturated carbocycles. The molecule has 20 heavy (non-hydrogen) atoms. The molecule has 5 heteroatoms. The molecule has 2 N–H and O–H groups in total. The van der Waals surface area contributed by atoms with Gasteiger partial charge in [0.15, 0.2) is 0 Å². The van der Waals surface area contributed by atoms with Crippen LogP contribution in [0.5, 0.6) is 0 Å². The normalized spacial score (nSPS) is 19.2. The first kappa shape index (κ1) is 14.9. The zero-order valence-electron chi connectivity index (χ0n) is 11.8. The van der Waals surface area contributed by atoms with Gasteiger partial charge < -0.3 is 10.5 Å². The summed E-state index contributed by atoms with van der Waals surface area (Å²) in [6, 6.07) is 4.62. The number of carbonyl (C=O) groups is 1. The fourth-order valence-electron chi connectivity index (χ4n) is 2.68. The molecule has 110 valence electrons. The highest BCUT2D eigenvalue weighted by Crippen LogP contribution is 2.22. The Kier molecular flexibility index (Phi) is 5.09. The predicted molar refractivity (Wildman–Crippen MR) is 74.4 cm³/mol. The number of hydrogen-bond donors (Lipinski definition) is 1. The Morgan fingerprint density at radius 2 is 2.20 bits per heavy atom. The van der Waals surface area contributed by atoms with Crippen LogP contribution in [-0.4, -0.2) is 30.1 Å². The molecule has 1 unspecified atom stereocenters. The van der Waals surface area contributed by atoms with Gasteiger partial charge in [-0.3, -0.25) is 9.69 Å². The van der Waals surface area contributed by atoms with Gasteiger partial charge in [0.05, 0.1) is 6.61 Å². The molecule has 1 heterocycles. The lowest BCUT2D eigenvalue weighted by Gasteiger charge is -2.23. The summed E-state index contributed by atoms with van der Waals surface area (Å²) in [6.45, 7) is 3.88. The summed E-state index contributed by atoms with van der Waals surface area (Å²) in [7, 11) is 0. The van der Waals surface area contributed by atoms with Crippen LogP contribution in [0.2, 0.25) is 0 Å². The Hall–Kier alpha value is -1.46. The summed E-state index contributed by atoms with van der Waals surface area (Å²) in [5, 5.41) is 0. The SMILES string of the molecule is CCOC(=O)C1CCCN1Cc1cc(F)cc(CN)c1. The Morgan fingerprint density at radius 1 is 1.45 bits per heavy atom. The van der Waals surface area contributed by atoms with Gasteiger partial charge in [0.25, 0.3) is 0 Å². The van der Waals surface area contributed by atoms with Crippen LogP contribution in [0.25, 0.3) is 0 Å². The average molecular weight is 280 g/mol. The summed E-state index contributed by atoms with van der Waals surface area (Å²) in [5.74, 6) is -0.463. The van der Waals surface area contributed by atoms with Crippen molar-refractivity contribution in [1.29, 1.82) is 0 Å². The summed E-state index contributed by atoms with van der Waals surface area (Å²) in [4.78, 5) is 13.9. The number of carbonyl (C=O) groups excluding carboxylic acids is 1. The molecular formula is C15H21FN2O2. The number of benzene rings is 1. The Morgan fingerprint density at radius 3 is 2.90 bits per heavy atom. The number of ether oxygens (including phenoxy) is 1. The summed E-state index contributed by atoms with van der Waals surface area (Å²) >= 11 is 0. The quantitative estimate of drug-likeness (QED) is 0.836. The maximum Gasteiger partial charge on any atom is 0.323 e. The highest BCUT2D eigenvalue weighted by Gasteiger charge is 2.31. The third-order valence-corrected chi connectivity index (χ3v) is 3.56. The Bertz CT molecular complexity index is 479. The van der Waals surface area contributed by atoms with Gasteiger partial charge in [0.1, 0.15) is 11.9 Å². The first-order valence-electron chi connectivity index (χ1n) is 7.03. The van der Waals surface area contributed by atoms with E-state index < -0.39 is 0 Å². The van der Waals surface area contributed by atoms with Crippen LogP contribution in [0.4, 0.5) is 4.39 Å². The number of nitrogens with two attached hydrogens (primary N) is 1. The molecule has 1 aliphatic rings. The van der Waals surface area contributed by atoms with E-state index in [9.17, 15) is 9.18 Å². The van der Waals surface area contributed by atoms with Crippen molar-refractivity contribution < 1.29 is 13.9 Å². The van der Waals surface area contributed by atoms with Crippen LogP contribution in [0.3, 0.4) is 0 Å². The molecule has 0 radical (unpaired) electrons. The average Bonchev–Trinajstić information content (AvgIpc) is 2.86. The number of esters is 1. The van der Waals surface area contributed by atoms with Crippen LogP contribution in [-0.2, 0) is 22.6 Å². The van der Waals surface area contributed by atoms with Crippen molar-refractivity contribution in [2.45, 2.75) is 38.9 Å². The molecular weight excluding hydrogens is 259 g/mol. The zero-order chi connectivity index (χ0) is 14.5. The number of hydrogen-bond acceptors (Lipinski definition) is 4. The van der Waals surface area contributed by atoms with Crippen LogP contribution in [0.1, 0.15) is 30.9 Å². The topological polar surface area (TPSA) is 55.6 Å². The van der Waals surface area contributed by atoms with Gasteiger partial charge in [-0.05, 0) is 49.6 Å². The molecule has 0 bridgehead atoms. The fourth-order valence-corrected chi connectivity index (χ4v) is 2.68. The smallest absolute Gasteiger partial charge is 0.323 e. The monoisotopic (exact) mass is 280 g/mol. The lowest BCUT2D eigenvalue weighted by Crippen LogP contribution is -2.36. The summed E-state index contributed by atoms with van der Waals surface area (Å²) in [6.07, 6.45) is 1.76. The van der Waals surface area contributed by atoms with Crippen molar-refractivity contribution in [2.24, 2.45) is 5.73 Å². The molecule has 4 nitrogen and oxygen atoms in total. The minimum Gasteiger partial charge on any atom is -0.465 e. The molecule has 0 aromatic heterocycles. The van der Waals surface area contributed by atoms with Gasteiger partial charge in [-0.2, -0.15) is 0 Å². The van der Waals surface area contributed by atoms with Crippen molar-refractivity contribution in [1.82, 2.24) is 4.90 Å². The molecule has 0 amide bonds. The number of likely N-dealkylation sites (tertiary alicyclic amines) is 1. The second kappa shape index (κ2) is 6.81. The number of halogens is 1. The molecule has 1 atom stereocenters. The van der Waals surface area contributed by atoms with E-state index in [1.165, 1.54) is 12.1 Å². The fraction of sp³-hybridized carbons (Fsp3) is 0.533. The van der Waals surface area contributed by atoms with Crippen LogP contribution in [0.15, 0.2) is 18.2 Å². The van der Waals surface area contributed by atoms with Gasteiger partial charge in [-0.25, -0.2) is 4.39 Å². The van der Waals surface area contributed by atoms with Crippen molar-refractivity contribution >= 4 is 5.97 Å². The molecule has 2 rings (SSSR count). The van der Waals surface area contributed by atoms with Crippen molar-refractivity contribution in [3.05, 3.63) is 35.1 Å². The molecule has 1 saturated heterocycles. The highest BCUT2D eigenvalue weighted by atomic mass is 19.1. The van der Waals surface area contributed by atoms with E-state index in [-0.39, 0.29) is 17.8 Å². The second-order valence-electron chi connectivity index (χ2n) is 5.05. The van der Waals surface area contributed by atoms with Crippen LogP contribution >= 0.6 is 0 Å². The van der Waals surface area contributed by atoms with Gasteiger partial charge in [-0.1, -0.05) is 6.07 Å². The molecule has 0 aliphatic carbocycles. The third-order valence-electron chi connectivity index (χ3n) is 3.56. The lowest BCUT2D eigenvalue weighted by molar-refractivity contribution is -0.148. The van der Waals surface area contributed by atoms with E-state index in [1.54, 1.807) is 6.92 Å². The predicted octanol–water partition coefficient (Wildman–Crippen LogP) is 1.81. The summed E-state index contributed by atoms with van der Waals surface area (Å²) in [5.41, 5.74) is 7.18. The van der Waals surface area contributed by atoms with Crippen LogP contribution < -0.4 is 5.73 Å². The van der Waals surface area contributed by atoms with Crippen LogP contribution in [0, 0.1) is 5.82 Å². The highest BCUT2D eigenvalue weighted by molar-refractivity contribution is 5.76. The van der Waals surface area contributed by atoms with Gasteiger partial charge in [0.2, 0.25) is 0 Å². The lowest BCUT2D eigenvalue weighted by atomic mass is 10.1. The minimum absolute atomic E-state index is 0.180. The Balaban J connectivity index is 2.08. The van der Waals surface area contributed by atoms with E-state index in [0.717, 1.165) is 30.5 Å². The van der Waals surface area contributed by atoms with Crippen molar-refractivity contribution in [3.63, 3.8) is 0 Å². The van der Waals surface area contributed by atoms with Gasteiger partial charge >= 0.3 is 5.97 Å². The first-order chi connectivity index (χ1) is 9.63. The van der Waals surface area contributed by atoms with E-state index in [2.05, 4.69) is 0 Å². The first-order valence-corrected chi connectivity index (χ1v) is 7.03. The van der Waals surface area contributed by atoms with E-state index in [4.69, 9.17) is 10.5 Å². The maximum atomic E-state index is 13.5. The zero-order valence-corrected chi connectivity index (χ0v) is 11.8. The van der Waals surface area contributed by atoms with Crippen molar-refractivity contribution in [3.8, 4) is 0 Å². The Labute approximate surface area is 118 Å². The van der Waals surface area contributed by atoms with Gasteiger partial charge in [-0.15, -0.1) is 0 Å². The van der Waals surface area contributed by atoms with Crippen molar-refractivity contribution in [2.75, 3.05) is 13.2 Å². The van der Waals surface area contributed by atoms with E-state index in [1.807, 2.05) is 11.0 Å². The molecule has 1 fully saturated rings. The second-order valence-corrected chi connectivity index (χ2v) is 5.05. The molecule has 1 aromatic carbocycles. The standard InChI is InChI=1S/C15H21FN2O2/c1-2-20-15(19)14-4-3-5-18(14)10-12-6-11(9-17)7-13(16)8-12/h6-8,14H,2-5,9-10,17H2,1H3. The molecule has 1 aliphatic heterocycles. The van der Waals surface area contributed by atoms with Gasteiger partial charge in [0, 0.05) is 13.1 Å². The number of nitrogens with zero attached hydrogens (tertiary/aromatic N) is 1. The summed E-state index contributed by atoms with van der Waals surface area (Å²) < 4.78 is 18.6. The van der Waals surface area contributed by atoms with E-state index >= 15 is 0 Å². The maximum absolute atomic E-state index is 13.5. The van der Waals surface area contributed by atoms with E-state index in [0.29, 0.717) is 19.7 Å². The minimum atomic E-state index is -0.283. The molecule has 1 aromatic rings. The third kappa shape index (κ3) is 3.55. The molecule has 0 spiro atoms. The largest absolute Gasteiger partial charge is 0.465 e.